The lowest BCUT2D eigenvalue weighted by Gasteiger charge is -2.25. The average molecular weight is 282 g/mol. The van der Waals surface area contributed by atoms with Crippen molar-refractivity contribution >= 4 is 17.3 Å². The predicted octanol–water partition coefficient (Wildman–Crippen LogP) is 4.23. The van der Waals surface area contributed by atoms with E-state index < -0.39 is 4.92 Å². The monoisotopic (exact) mass is 281 g/mol. The number of nitro groups is 1. The minimum absolute atomic E-state index is 0.110. The van der Waals surface area contributed by atoms with Crippen molar-refractivity contribution < 1.29 is 9.66 Å². The molecule has 2 rings (SSSR count). The van der Waals surface area contributed by atoms with Crippen molar-refractivity contribution in [1.29, 1.82) is 0 Å². The van der Waals surface area contributed by atoms with Crippen LogP contribution in [0.3, 0.4) is 0 Å². The highest BCUT2D eigenvalue weighted by atomic mass is 35.5. The Bertz CT molecular complexity index is 501. The lowest BCUT2D eigenvalue weighted by atomic mass is 9.85. The smallest absolute Gasteiger partial charge is 0.329 e. The number of benzene rings is 1. The standard InChI is InChI=1S/C14H16ClNO3/c1-10-5-2-3-6-11(10)9-19-13-8-4-7-12(15)14(13)16(17)18/h2-4,7-8,10-11H,5-6,9H2,1H3. The molecule has 4 nitrogen and oxygen atoms in total. The van der Waals surface area contributed by atoms with Gasteiger partial charge in [0.15, 0.2) is 5.75 Å². The van der Waals surface area contributed by atoms with Crippen LogP contribution < -0.4 is 4.74 Å². The summed E-state index contributed by atoms with van der Waals surface area (Å²) >= 11 is 5.84. The van der Waals surface area contributed by atoms with E-state index in [9.17, 15) is 10.1 Å². The summed E-state index contributed by atoms with van der Waals surface area (Å²) in [6, 6.07) is 4.75. The molecule has 1 aromatic carbocycles. The molecule has 0 fully saturated rings. The molecule has 2 unspecified atom stereocenters. The summed E-state index contributed by atoms with van der Waals surface area (Å²) in [5, 5.41) is 11.1. The van der Waals surface area contributed by atoms with Gasteiger partial charge in [0.25, 0.3) is 0 Å². The number of halogens is 1. The van der Waals surface area contributed by atoms with Crippen molar-refractivity contribution in [3.05, 3.63) is 45.5 Å². The van der Waals surface area contributed by atoms with Crippen LogP contribution in [-0.2, 0) is 0 Å². The first-order chi connectivity index (χ1) is 9.09. The summed E-state index contributed by atoms with van der Waals surface area (Å²) in [4.78, 5) is 10.5. The van der Waals surface area contributed by atoms with Gasteiger partial charge in [-0.2, -0.15) is 0 Å². The Morgan fingerprint density at radius 3 is 2.84 bits per heavy atom. The zero-order valence-corrected chi connectivity index (χ0v) is 11.5. The molecule has 5 heteroatoms. The molecule has 0 bridgehead atoms. The first kappa shape index (κ1) is 13.9. The molecule has 0 N–H and O–H groups in total. The molecule has 0 aromatic heterocycles. The second kappa shape index (κ2) is 6.06. The number of hydrogen-bond acceptors (Lipinski definition) is 3. The van der Waals surface area contributed by atoms with Crippen LogP contribution in [0.5, 0.6) is 5.75 Å². The van der Waals surface area contributed by atoms with Crippen LogP contribution in [0.25, 0.3) is 0 Å². The summed E-state index contributed by atoms with van der Waals surface area (Å²) in [6.45, 7) is 2.65. The fourth-order valence-electron chi connectivity index (χ4n) is 2.22. The third kappa shape index (κ3) is 3.26. The highest BCUT2D eigenvalue weighted by Crippen LogP contribution is 2.35. The Balaban J connectivity index is 2.09. The van der Waals surface area contributed by atoms with E-state index in [1.165, 1.54) is 6.07 Å². The van der Waals surface area contributed by atoms with Crippen LogP contribution in [0, 0.1) is 22.0 Å². The Labute approximate surface area is 117 Å². The van der Waals surface area contributed by atoms with Crippen LogP contribution in [0.1, 0.15) is 19.8 Å². The largest absolute Gasteiger partial charge is 0.486 e. The number of rotatable bonds is 4. The van der Waals surface area contributed by atoms with Crippen molar-refractivity contribution in [3.63, 3.8) is 0 Å². The maximum absolute atomic E-state index is 11.0. The molecular formula is C14H16ClNO3. The van der Waals surface area contributed by atoms with E-state index in [0.717, 1.165) is 12.8 Å². The normalized spacial score (nSPS) is 22.2. The second-order valence-electron chi connectivity index (χ2n) is 4.83. The van der Waals surface area contributed by atoms with Gasteiger partial charge in [0.1, 0.15) is 5.02 Å². The minimum Gasteiger partial charge on any atom is -0.486 e. The quantitative estimate of drug-likeness (QED) is 0.471. The summed E-state index contributed by atoms with van der Waals surface area (Å²) in [5.74, 6) is 1.17. The van der Waals surface area contributed by atoms with E-state index in [2.05, 4.69) is 19.1 Å². The van der Waals surface area contributed by atoms with Gasteiger partial charge in [-0.25, -0.2) is 0 Å². The van der Waals surface area contributed by atoms with Gasteiger partial charge in [-0.1, -0.05) is 36.7 Å². The SMILES string of the molecule is CC1CC=CCC1COc1cccc(Cl)c1[N+](=O)[O-]. The molecule has 0 amide bonds. The van der Waals surface area contributed by atoms with E-state index in [1.807, 2.05) is 0 Å². The molecule has 0 saturated carbocycles. The van der Waals surface area contributed by atoms with E-state index in [1.54, 1.807) is 12.1 Å². The summed E-state index contributed by atoms with van der Waals surface area (Å²) in [6.07, 6.45) is 6.30. The maximum atomic E-state index is 11.0. The van der Waals surface area contributed by atoms with Gasteiger partial charge in [-0.15, -0.1) is 0 Å². The summed E-state index contributed by atoms with van der Waals surface area (Å²) in [5.41, 5.74) is -0.150. The Morgan fingerprint density at radius 2 is 2.16 bits per heavy atom. The Kier molecular flexibility index (Phi) is 4.43. The highest BCUT2D eigenvalue weighted by molar-refractivity contribution is 6.32. The van der Waals surface area contributed by atoms with Gasteiger partial charge in [0.2, 0.25) is 0 Å². The van der Waals surface area contributed by atoms with Crippen LogP contribution in [0.15, 0.2) is 30.4 Å². The number of nitro benzene ring substituents is 1. The molecule has 1 aliphatic carbocycles. The molecule has 2 atom stereocenters. The van der Waals surface area contributed by atoms with E-state index in [4.69, 9.17) is 16.3 Å². The van der Waals surface area contributed by atoms with Crippen molar-refractivity contribution in [2.75, 3.05) is 6.61 Å². The van der Waals surface area contributed by atoms with Crippen molar-refractivity contribution in [3.8, 4) is 5.75 Å². The molecule has 19 heavy (non-hydrogen) atoms. The molecule has 0 heterocycles. The maximum Gasteiger partial charge on any atom is 0.329 e. The first-order valence-electron chi connectivity index (χ1n) is 6.30. The van der Waals surface area contributed by atoms with E-state index >= 15 is 0 Å². The number of nitrogens with zero attached hydrogens (tertiary/aromatic N) is 1. The van der Waals surface area contributed by atoms with Gasteiger partial charge in [0, 0.05) is 0 Å². The molecule has 1 aliphatic rings. The fraction of sp³-hybridized carbons (Fsp3) is 0.429. The van der Waals surface area contributed by atoms with Crippen LogP contribution in [0.4, 0.5) is 5.69 Å². The van der Waals surface area contributed by atoms with Gasteiger partial charge in [-0.3, -0.25) is 10.1 Å². The minimum atomic E-state index is -0.498. The van der Waals surface area contributed by atoms with E-state index in [0.29, 0.717) is 18.4 Å². The van der Waals surface area contributed by atoms with Crippen molar-refractivity contribution in [1.82, 2.24) is 0 Å². The molecule has 0 aliphatic heterocycles. The third-order valence-corrected chi connectivity index (χ3v) is 3.81. The topological polar surface area (TPSA) is 52.4 Å². The molecule has 102 valence electrons. The highest BCUT2D eigenvalue weighted by Gasteiger charge is 2.23. The third-order valence-electron chi connectivity index (χ3n) is 3.50. The number of hydrogen-bond donors (Lipinski definition) is 0. The van der Waals surface area contributed by atoms with Gasteiger partial charge >= 0.3 is 5.69 Å². The first-order valence-corrected chi connectivity index (χ1v) is 6.68. The van der Waals surface area contributed by atoms with Gasteiger partial charge in [0.05, 0.1) is 11.5 Å². The average Bonchev–Trinajstić information content (AvgIpc) is 2.37. The molecule has 0 saturated heterocycles. The molecule has 0 radical (unpaired) electrons. The van der Waals surface area contributed by atoms with Crippen molar-refractivity contribution in [2.24, 2.45) is 11.8 Å². The predicted molar refractivity (Wildman–Crippen MR) is 74.6 cm³/mol. The second-order valence-corrected chi connectivity index (χ2v) is 5.24. The molecule has 0 spiro atoms. The lowest BCUT2D eigenvalue weighted by molar-refractivity contribution is -0.385. The zero-order chi connectivity index (χ0) is 13.8. The Hall–Kier alpha value is -1.55. The number of allylic oxidation sites excluding steroid dienone is 2. The van der Waals surface area contributed by atoms with Crippen LogP contribution in [0.2, 0.25) is 5.02 Å². The van der Waals surface area contributed by atoms with Crippen LogP contribution in [-0.4, -0.2) is 11.5 Å². The van der Waals surface area contributed by atoms with E-state index in [-0.39, 0.29) is 16.5 Å². The van der Waals surface area contributed by atoms with Gasteiger partial charge in [-0.05, 0) is 36.8 Å². The number of ether oxygens (including phenoxy) is 1. The fourth-order valence-corrected chi connectivity index (χ4v) is 2.46. The summed E-state index contributed by atoms with van der Waals surface area (Å²) in [7, 11) is 0. The van der Waals surface area contributed by atoms with Crippen LogP contribution >= 0.6 is 11.6 Å². The summed E-state index contributed by atoms with van der Waals surface area (Å²) < 4.78 is 5.63. The lowest BCUT2D eigenvalue weighted by Crippen LogP contribution is -2.21. The Morgan fingerprint density at radius 1 is 1.42 bits per heavy atom. The van der Waals surface area contributed by atoms with Gasteiger partial charge < -0.3 is 4.74 Å². The molecule has 1 aromatic rings. The number of para-hydroxylation sites is 1. The molecular weight excluding hydrogens is 266 g/mol. The van der Waals surface area contributed by atoms with Crippen molar-refractivity contribution in [2.45, 2.75) is 19.8 Å². The zero-order valence-electron chi connectivity index (χ0n) is 10.7.